The first-order chi connectivity index (χ1) is 11.6. The highest BCUT2D eigenvalue weighted by atomic mass is 32.1. The van der Waals surface area contributed by atoms with E-state index >= 15 is 0 Å². The van der Waals surface area contributed by atoms with Crippen LogP contribution in [0.15, 0.2) is 47.5 Å². The lowest BCUT2D eigenvalue weighted by Gasteiger charge is -2.03. The molecule has 0 unspecified atom stereocenters. The normalized spacial score (nSPS) is 12.0. The molecule has 1 aromatic heterocycles. The van der Waals surface area contributed by atoms with Crippen molar-refractivity contribution in [2.45, 2.75) is 33.2 Å². The Morgan fingerprint density at radius 2 is 1.92 bits per heavy atom. The van der Waals surface area contributed by atoms with E-state index in [4.69, 9.17) is 0 Å². The maximum absolute atomic E-state index is 13.0. The van der Waals surface area contributed by atoms with Gasteiger partial charge in [-0.1, -0.05) is 31.3 Å². The summed E-state index contributed by atoms with van der Waals surface area (Å²) in [5.41, 5.74) is 2.76. The van der Waals surface area contributed by atoms with Gasteiger partial charge in [0.25, 0.3) is 5.91 Å². The first kappa shape index (κ1) is 16.6. The summed E-state index contributed by atoms with van der Waals surface area (Å²) in [7, 11) is 0. The van der Waals surface area contributed by atoms with Gasteiger partial charge in [-0.05, 0) is 54.8 Å². The van der Waals surface area contributed by atoms with Gasteiger partial charge in [-0.2, -0.15) is 4.99 Å². The SMILES string of the molecule is CCCn1c(=NC(=O)c2ccc(F)cc2)sc2cc(CC)ccc21. The minimum Gasteiger partial charge on any atom is -0.316 e. The standard InChI is InChI=1S/C19H19FN2OS/c1-3-11-22-16-10-5-13(4-2)12-17(16)24-19(22)21-18(23)14-6-8-15(20)9-7-14/h5-10,12H,3-4,11H2,1-2H3. The molecule has 0 N–H and O–H groups in total. The molecule has 0 aliphatic heterocycles. The molecule has 0 spiro atoms. The summed E-state index contributed by atoms with van der Waals surface area (Å²) in [6.45, 7) is 5.03. The third kappa shape index (κ3) is 3.31. The van der Waals surface area contributed by atoms with Gasteiger partial charge in [0.2, 0.25) is 0 Å². The fourth-order valence-corrected chi connectivity index (χ4v) is 3.72. The minimum absolute atomic E-state index is 0.345. The molecule has 3 nitrogen and oxygen atoms in total. The number of hydrogen-bond acceptors (Lipinski definition) is 2. The Hall–Kier alpha value is -2.27. The first-order valence-corrected chi connectivity index (χ1v) is 8.91. The highest BCUT2D eigenvalue weighted by Gasteiger charge is 2.09. The van der Waals surface area contributed by atoms with Crippen LogP contribution in [0.2, 0.25) is 0 Å². The number of aryl methyl sites for hydroxylation is 2. The van der Waals surface area contributed by atoms with E-state index in [2.05, 4.69) is 41.6 Å². The van der Waals surface area contributed by atoms with Gasteiger partial charge in [0.05, 0.1) is 10.2 Å². The molecule has 0 atom stereocenters. The molecule has 3 rings (SSSR count). The number of thiazole rings is 1. The largest absolute Gasteiger partial charge is 0.316 e. The van der Waals surface area contributed by atoms with Gasteiger partial charge in [-0.25, -0.2) is 4.39 Å². The number of carbonyl (C=O) groups excluding carboxylic acids is 1. The van der Waals surface area contributed by atoms with Crippen LogP contribution < -0.4 is 4.80 Å². The molecule has 0 aliphatic carbocycles. The molecule has 0 saturated heterocycles. The Kier molecular flexibility index (Phi) is 4.90. The van der Waals surface area contributed by atoms with Gasteiger partial charge < -0.3 is 4.57 Å². The molecule has 0 aliphatic rings. The van der Waals surface area contributed by atoms with Crippen LogP contribution in [0.1, 0.15) is 36.2 Å². The minimum atomic E-state index is -0.360. The number of amides is 1. The predicted molar refractivity (Wildman–Crippen MR) is 95.8 cm³/mol. The zero-order chi connectivity index (χ0) is 17.1. The van der Waals surface area contributed by atoms with Gasteiger partial charge in [-0.3, -0.25) is 4.79 Å². The lowest BCUT2D eigenvalue weighted by atomic mass is 10.2. The molecule has 0 saturated carbocycles. The van der Waals surface area contributed by atoms with Gasteiger partial charge >= 0.3 is 0 Å². The highest BCUT2D eigenvalue weighted by Crippen LogP contribution is 2.20. The maximum Gasteiger partial charge on any atom is 0.279 e. The number of hydrogen-bond donors (Lipinski definition) is 0. The molecule has 1 amide bonds. The van der Waals surface area contributed by atoms with E-state index in [0.29, 0.717) is 10.4 Å². The van der Waals surface area contributed by atoms with Crippen molar-refractivity contribution in [2.75, 3.05) is 0 Å². The topological polar surface area (TPSA) is 34.4 Å². The Morgan fingerprint density at radius 3 is 2.58 bits per heavy atom. The molecule has 0 bridgehead atoms. The van der Waals surface area contributed by atoms with Gasteiger partial charge in [0, 0.05) is 12.1 Å². The second-order valence-electron chi connectivity index (χ2n) is 5.62. The van der Waals surface area contributed by atoms with E-state index in [1.807, 2.05) is 0 Å². The van der Waals surface area contributed by atoms with E-state index in [0.717, 1.165) is 29.6 Å². The number of rotatable bonds is 4. The van der Waals surface area contributed by atoms with E-state index in [-0.39, 0.29) is 11.7 Å². The third-order valence-electron chi connectivity index (χ3n) is 3.89. The van der Waals surface area contributed by atoms with E-state index in [9.17, 15) is 9.18 Å². The van der Waals surface area contributed by atoms with E-state index < -0.39 is 0 Å². The van der Waals surface area contributed by atoms with Crippen molar-refractivity contribution in [3.63, 3.8) is 0 Å². The molecule has 0 fully saturated rings. The first-order valence-electron chi connectivity index (χ1n) is 8.09. The number of carbonyl (C=O) groups is 1. The number of nitrogens with zero attached hydrogens (tertiary/aromatic N) is 2. The Bertz CT molecular complexity index is 938. The summed E-state index contributed by atoms with van der Waals surface area (Å²) in [6, 6.07) is 11.9. The third-order valence-corrected chi connectivity index (χ3v) is 4.93. The van der Waals surface area contributed by atoms with Crippen molar-refractivity contribution < 1.29 is 9.18 Å². The molecule has 5 heteroatoms. The predicted octanol–water partition coefficient (Wildman–Crippen LogP) is 4.56. The quantitative estimate of drug-likeness (QED) is 0.684. The second kappa shape index (κ2) is 7.09. The monoisotopic (exact) mass is 342 g/mol. The number of aromatic nitrogens is 1. The lowest BCUT2D eigenvalue weighted by molar-refractivity contribution is 0.0998. The van der Waals surface area contributed by atoms with Crippen molar-refractivity contribution in [2.24, 2.45) is 4.99 Å². The summed E-state index contributed by atoms with van der Waals surface area (Å²) < 4.78 is 16.2. The molecular weight excluding hydrogens is 323 g/mol. The van der Waals surface area contributed by atoms with Crippen LogP contribution in [0, 0.1) is 5.82 Å². The smallest absolute Gasteiger partial charge is 0.279 e. The van der Waals surface area contributed by atoms with Crippen molar-refractivity contribution in [1.82, 2.24) is 4.57 Å². The van der Waals surface area contributed by atoms with Crippen LogP contribution in [-0.4, -0.2) is 10.5 Å². The summed E-state index contributed by atoms with van der Waals surface area (Å²) in [4.78, 5) is 17.4. The fourth-order valence-electron chi connectivity index (χ4n) is 2.61. The Balaban J connectivity index is 2.11. The van der Waals surface area contributed by atoms with Gasteiger partial charge in [0.1, 0.15) is 5.82 Å². The Labute approximate surface area is 144 Å². The van der Waals surface area contributed by atoms with Crippen molar-refractivity contribution in [3.05, 3.63) is 64.2 Å². The molecule has 24 heavy (non-hydrogen) atoms. The average Bonchev–Trinajstić information content (AvgIpc) is 2.92. The van der Waals surface area contributed by atoms with Crippen LogP contribution in [0.25, 0.3) is 10.2 Å². The van der Waals surface area contributed by atoms with Crippen LogP contribution in [-0.2, 0) is 13.0 Å². The van der Waals surface area contributed by atoms with Crippen LogP contribution >= 0.6 is 11.3 Å². The molecule has 124 valence electrons. The molecule has 2 aromatic carbocycles. The van der Waals surface area contributed by atoms with Crippen molar-refractivity contribution in [1.29, 1.82) is 0 Å². The summed E-state index contributed by atoms with van der Waals surface area (Å²) in [5.74, 6) is -0.705. The number of benzene rings is 2. The number of fused-ring (bicyclic) bond motifs is 1. The van der Waals surface area contributed by atoms with Crippen LogP contribution in [0.3, 0.4) is 0 Å². The molecule has 1 heterocycles. The van der Waals surface area contributed by atoms with Crippen LogP contribution in [0.5, 0.6) is 0 Å². The molecule has 3 aromatic rings. The zero-order valence-electron chi connectivity index (χ0n) is 13.8. The van der Waals surface area contributed by atoms with Crippen LogP contribution in [0.4, 0.5) is 4.39 Å². The lowest BCUT2D eigenvalue weighted by Crippen LogP contribution is -2.16. The van der Waals surface area contributed by atoms with Gasteiger partial charge in [0.15, 0.2) is 4.80 Å². The van der Waals surface area contributed by atoms with E-state index in [1.54, 1.807) is 0 Å². The van der Waals surface area contributed by atoms with Crippen molar-refractivity contribution in [3.8, 4) is 0 Å². The zero-order valence-corrected chi connectivity index (χ0v) is 14.6. The second-order valence-corrected chi connectivity index (χ2v) is 6.62. The summed E-state index contributed by atoms with van der Waals surface area (Å²) in [6.07, 6.45) is 1.93. The average molecular weight is 342 g/mol. The van der Waals surface area contributed by atoms with Crippen molar-refractivity contribution >= 4 is 27.5 Å². The summed E-state index contributed by atoms with van der Waals surface area (Å²) >= 11 is 1.52. The maximum atomic E-state index is 13.0. The van der Waals surface area contributed by atoms with E-state index in [1.165, 1.54) is 41.2 Å². The van der Waals surface area contributed by atoms with Gasteiger partial charge in [-0.15, -0.1) is 0 Å². The highest BCUT2D eigenvalue weighted by molar-refractivity contribution is 7.16. The molecule has 0 radical (unpaired) electrons. The number of halogens is 1. The summed E-state index contributed by atoms with van der Waals surface area (Å²) in [5, 5.41) is 0. The fraction of sp³-hybridized carbons (Fsp3) is 0.263. The Morgan fingerprint density at radius 1 is 1.17 bits per heavy atom. The molecular formula is C19H19FN2OS.